The molecule has 0 aliphatic carbocycles. The lowest BCUT2D eigenvalue weighted by Gasteiger charge is -1.91. The topological polar surface area (TPSA) is 0 Å². The lowest BCUT2D eigenvalue weighted by atomic mass is 10.3. The average Bonchev–Trinajstić information content (AvgIpc) is 1.27. The van der Waals surface area contributed by atoms with Crippen LogP contribution in [-0.2, 0) is 0 Å². The summed E-state index contributed by atoms with van der Waals surface area (Å²) in [7, 11) is 0. The predicted molar refractivity (Wildman–Crippen MR) is 42.9 cm³/mol. The standard InChI is InChI=1S/C6H11I/c1-5(2)4-6(3)7/h4,6H,1-3H3. The fourth-order valence-corrected chi connectivity index (χ4v) is 1.18. The third-order valence-electron chi connectivity index (χ3n) is 0.563. The first-order valence-corrected chi connectivity index (χ1v) is 3.66. The number of alkyl halides is 1. The lowest BCUT2D eigenvalue weighted by Crippen LogP contribution is -1.80. The Balaban J connectivity index is 3.45. The molecule has 0 N–H and O–H groups in total. The third kappa shape index (κ3) is 6.47. The predicted octanol–water partition coefficient (Wildman–Crippen LogP) is 2.78. The Hall–Kier alpha value is 0.470. The van der Waals surface area contributed by atoms with Crippen molar-refractivity contribution >= 4 is 22.6 Å². The normalized spacial score (nSPS) is 13.1. The highest BCUT2D eigenvalue weighted by atomic mass is 127. The van der Waals surface area contributed by atoms with Crippen molar-refractivity contribution in [3.63, 3.8) is 0 Å². The highest BCUT2D eigenvalue weighted by molar-refractivity contribution is 14.1. The van der Waals surface area contributed by atoms with Crippen molar-refractivity contribution in [2.75, 3.05) is 0 Å². The summed E-state index contributed by atoms with van der Waals surface area (Å²) in [6.45, 7) is 6.41. The Morgan fingerprint density at radius 2 is 2.00 bits per heavy atom. The van der Waals surface area contributed by atoms with Crippen molar-refractivity contribution in [3.05, 3.63) is 11.6 Å². The first-order valence-electron chi connectivity index (χ1n) is 2.42. The monoisotopic (exact) mass is 210 g/mol. The SMILES string of the molecule is CC(C)=CC(C)I. The summed E-state index contributed by atoms with van der Waals surface area (Å²) in [5.41, 5.74) is 1.40. The zero-order valence-electron chi connectivity index (χ0n) is 5.03. The Morgan fingerprint density at radius 1 is 1.57 bits per heavy atom. The van der Waals surface area contributed by atoms with Crippen LogP contribution >= 0.6 is 22.6 Å². The molecule has 0 aromatic carbocycles. The van der Waals surface area contributed by atoms with Crippen LogP contribution in [0.15, 0.2) is 11.6 Å². The molecule has 0 aliphatic heterocycles. The first kappa shape index (κ1) is 7.47. The van der Waals surface area contributed by atoms with Gasteiger partial charge in [-0.15, -0.1) is 0 Å². The van der Waals surface area contributed by atoms with Crippen molar-refractivity contribution < 1.29 is 0 Å². The Labute approximate surface area is 59.1 Å². The first-order chi connectivity index (χ1) is 3.13. The molecule has 7 heavy (non-hydrogen) atoms. The molecule has 0 aromatic heterocycles. The molecule has 0 spiro atoms. The van der Waals surface area contributed by atoms with E-state index in [0.29, 0.717) is 3.92 Å². The van der Waals surface area contributed by atoms with E-state index in [1.165, 1.54) is 5.57 Å². The van der Waals surface area contributed by atoms with Crippen molar-refractivity contribution in [1.29, 1.82) is 0 Å². The third-order valence-corrected chi connectivity index (χ3v) is 0.923. The minimum Gasteiger partial charge on any atom is -0.0794 e. The van der Waals surface area contributed by atoms with Gasteiger partial charge < -0.3 is 0 Å². The molecule has 0 radical (unpaired) electrons. The smallest absolute Gasteiger partial charge is 0.0263 e. The Morgan fingerprint density at radius 3 is 2.00 bits per heavy atom. The van der Waals surface area contributed by atoms with Crippen LogP contribution in [0.25, 0.3) is 0 Å². The summed E-state index contributed by atoms with van der Waals surface area (Å²) in [4.78, 5) is 0. The molecule has 0 aliphatic rings. The zero-order valence-corrected chi connectivity index (χ0v) is 7.19. The van der Waals surface area contributed by atoms with Crippen LogP contribution in [0.4, 0.5) is 0 Å². The van der Waals surface area contributed by atoms with Crippen LogP contribution < -0.4 is 0 Å². The highest BCUT2D eigenvalue weighted by Crippen LogP contribution is 2.02. The van der Waals surface area contributed by atoms with Gasteiger partial charge in [-0.1, -0.05) is 34.2 Å². The molecule has 0 amide bonds. The Bertz CT molecular complexity index is 68.2. The van der Waals surface area contributed by atoms with Gasteiger partial charge in [-0.25, -0.2) is 0 Å². The second kappa shape index (κ2) is 3.47. The second-order valence-corrected chi connectivity index (χ2v) is 3.89. The fraction of sp³-hybridized carbons (Fsp3) is 0.667. The van der Waals surface area contributed by atoms with Crippen LogP contribution in [0.5, 0.6) is 0 Å². The van der Waals surface area contributed by atoms with Crippen molar-refractivity contribution in [2.45, 2.75) is 24.7 Å². The zero-order chi connectivity index (χ0) is 5.86. The van der Waals surface area contributed by atoms with E-state index in [1.54, 1.807) is 0 Å². The van der Waals surface area contributed by atoms with Gasteiger partial charge in [-0.05, 0) is 20.8 Å². The molecule has 0 saturated carbocycles. The molecule has 1 heteroatoms. The number of hydrogen-bond donors (Lipinski definition) is 0. The van der Waals surface area contributed by atoms with E-state index in [-0.39, 0.29) is 0 Å². The quantitative estimate of drug-likeness (QED) is 0.354. The summed E-state index contributed by atoms with van der Waals surface area (Å²) in [5.74, 6) is 0. The molecule has 0 rings (SSSR count). The van der Waals surface area contributed by atoms with E-state index >= 15 is 0 Å². The van der Waals surface area contributed by atoms with E-state index in [2.05, 4.69) is 49.4 Å². The van der Waals surface area contributed by atoms with Gasteiger partial charge in [-0.3, -0.25) is 0 Å². The van der Waals surface area contributed by atoms with Crippen LogP contribution in [0.1, 0.15) is 20.8 Å². The maximum atomic E-state index is 2.38. The molecule has 0 nitrogen and oxygen atoms in total. The van der Waals surface area contributed by atoms with Crippen LogP contribution in [0.3, 0.4) is 0 Å². The molecule has 0 heterocycles. The van der Waals surface area contributed by atoms with Gasteiger partial charge >= 0.3 is 0 Å². The van der Waals surface area contributed by atoms with Crippen molar-refractivity contribution in [2.24, 2.45) is 0 Å². The van der Waals surface area contributed by atoms with Crippen LogP contribution in [-0.4, -0.2) is 3.92 Å². The molecular formula is C6H11I. The van der Waals surface area contributed by atoms with Gasteiger partial charge in [0.05, 0.1) is 0 Å². The second-order valence-electron chi connectivity index (χ2n) is 1.92. The minimum atomic E-state index is 0.683. The van der Waals surface area contributed by atoms with Gasteiger partial charge in [0.15, 0.2) is 0 Å². The number of halogens is 1. The van der Waals surface area contributed by atoms with Crippen molar-refractivity contribution in [1.82, 2.24) is 0 Å². The van der Waals surface area contributed by atoms with Gasteiger partial charge in [0.25, 0.3) is 0 Å². The summed E-state index contributed by atoms with van der Waals surface area (Å²) in [5, 5.41) is 0. The van der Waals surface area contributed by atoms with Gasteiger partial charge in [-0.2, -0.15) is 0 Å². The maximum absolute atomic E-state index is 2.38. The highest BCUT2D eigenvalue weighted by Gasteiger charge is 1.84. The lowest BCUT2D eigenvalue weighted by molar-refractivity contribution is 1.23. The molecule has 0 fully saturated rings. The molecule has 0 saturated heterocycles. The molecule has 42 valence electrons. The minimum absolute atomic E-state index is 0.683. The van der Waals surface area contributed by atoms with Crippen molar-refractivity contribution in [3.8, 4) is 0 Å². The summed E-state index contributed by atoms with van der Waals surface area (Å²) in [6.07, 6.45) is 2.24. The van der Waals surface area contributed by atoms with Gasteiger partial charge in [0.1, 0.15) is 0 Å². The summed E-state index contributed by atoms with van der Waals surface area (Å²) >= 11 is 2.38. The van der Waals surface area contributed by atoms with Gasteiger partial charge in [0, 0.05) is 3.92 Å². The molecule has 1 atom stereocenters. The van der Waals surface area contributed by atoms with Gasteiger partial charge in [0.2, 0.25) is 0 Å². The summed E-state index contributed by atoms with van der Waals surface area (Å²) in [6, 6.07) is 0. The molecule has 1 unspecified atom stereocenters. The van der Waals surface area contributed by atoms with E-state index in [0.717, 1.165) is 0 Å². The van der Waals surface area contributed by atoms with E-state index in [1.807, 2.05) is 0 Å². The average molecular weight is 210 g/mol. The van der Waals surface area contributed by atoms with Crippen LogP contribution in [0, 0.1) is 0 Å². The fourth-order valence-electron chi connectivity index (χ4n) is 0.459. The number of rotatable bonds is 1. The molecular weight excluding hydrogens is 199 g/mol. The number of allylic oxidation sites excluding steroid dienone is 2. The van der Waals surface area contributed by atoms with E-state index in [9.17, 15) is 0 Å². The maximum Gasteiger partial charge on any atom is 0.0263 e. The number of hydrogen-bond acceptors (Lipinski definition) is 0. The van der Waals surface area contributed by atoms with E-state index < -0.39 is 0 Å². The van der Waals surface area contributed by atoms with E-state index in [4.69, 9.17) is 0 Å². The van der Waals surface area contributed by atoms with Crippen LogP contribution in [0.2, 0.25) is 0 Å². The largest absolute Gasteiger partial charge is 0.0794 e. The Kier molecular flexibility index (Phi) is 3.70. The summed E-state index contributed by atoms with van der Waals surface area (Å²) < 4.78 is 0.683. The molecule has 0 aromatic rings. The molecule has 0 bridgehead atoms.